The van der Waals surface area contributed by atoms with Crippen LogP contribution >= 0.6 is 24.0 Å². The summed E-state index contributed by atoms with van der Waals surface area (Å²) in [5.41, 5.74) is 0. The van der Waals surface area contributed by atoms with Crippen molar-refractivity contribution < 1.29 is 9.47 Å². The van der Waals surface area contributed by atoms with E-state index in [0.717, 1.165) is 78.0 Å². The van der Waals surface area contributed by atoms with Crippen LogP contribution < -0.4 is 10.6 Å². The second-order valence-corrected chi connectivity index (χ2v) is 6.55. The van der Waals surface area contributed by atoms with Crippen LogP contribution in [0.15, 0.2) is 4.99 Å². The Labute approximate surface area is 170 Å². The van der Waals surface area contributed by atoms with E-state index in [9.17, 15) is 0 Å². The third-order valence-electron chi connectivity index (χ3n) is 4.19. The minimum atomic E-state index is 0. The summed E-state index contributed by atoms with van der Waals surface area (Å²) in [4.78, 5) is 9.08. The normalized spacial score (nSPS) is 17.2. The molecule has 0 aromatic heterocycles. The van der Waals surface area contributed by atoms with Crippen molar-refractivity contribution >= 4 is 29.9 Å². The van der Waals surface area contributed by atoms with Crippen LogP contribution in [0, 0.1) is 5.92 Å². The Bertz CT molecular complexity index is 341. The number of ether oxygens (including phenoxy) is 2. The minimum absolute atomic E-state index is 0. The van der Waals surface area contributed by atoms with E-state index in [4.69, 9.17) is 9.47 Å². The quantitative estimate of drug-likeness (QED) is 0.200. The summed E-state index contributed by atoms with van der Waals surface area (Å²) < 4.78 is 10.5. The summed E-state index contributed by atoms with van der Waals surface area (Å²) in [5.74, 6) is 1.47. The molecule has 8 heteroatoms. The van der Waals surface area contributed by atoms with E-state index in [-0.39, 0.29) is 24.0 Å². The topological polar surface area (TPSA) is 61.4 Å². The molecule has 150 valence electrons. The number of hydrogen-bond donors (Lipinski definition) is 2. The van der Waals surface area contributed by atoms with Gasteiger partial charge in [0.15, 0.2) is 5.96 Å². The molecule has 25 heavy (non-hydrogen) atoms. The second kappa shape index (κ2) is 16.0. The van der Waals surface area contributed by atoms with E-state index in [1.807, 2.05) is 7.05 Å². The summed E-state index contributed by atoms with van der Waals surface area (Å²) in [6, 6.07) is 0. The van der Waals surface area contributed by atoms with E-state index in [2.05, 4.69) is 39.4 Å². The molecule has 1 atom stereocenters. The molecular formula is C17H38IN5O2. The molecule has 1 fully saturated rings. The van der Waals surface area contributed by atoms with Gasteiger partial charge in [0, 0.05) is 66.6 Å². The zero-order valence-electron chi connectivity index (χ0n) is 16.4. The first-order valence-electron chi connectivity index (χ1n) is 9.07. The molecule has 0 aromatic rings. The molecule has 1 rings (SSSR count). The largest absolute Gasteiger partial charge is 0.385 e. The van der Waals surface area contributed by atoms with Crippen molar-refractivity contribution in [3.63, 3.8) is 0 Å². The van der Waals surface area contributed by atoms with Crippen LogP contribution in [0.3, 0.4) is 0 Å². The van der Waals surface area contributed by atoms with E-state index in [1.54, 1.807) is 7.11 Å². The molecule has 1 aliphatic rings. The van der Waals surface area contributed by atoms with Gasteiger partial charge in [-0.25, -0.2) is 0 Å². The van der Waals surface area contributed by atoms with Crippen molar-refractivity contribution in [1.29, 1.82) is 0 Å². The number of nitrogens with one attached hydrogen (secondary N) is 2. The molecule has 1 aliphatic heterocycles. The van der Waals surface area contributed by atoms with E-state index >= 15 is 0 Å². The average Bonchev–Trinajstić information content (AvgIpc) is 2.59. The zero-order chi connectivity index (χ0) is 17.6. The van der Waals surface area contributed by atoms with Gasteiger partial charge in [-0.3, -0.25) is 9.89 Å². The lowest BCUT2D eigenvalue weighted by atomic mass is 10.1. The smallest absolute Gasteiger partial charge is 0.191 e. The Morgan fingerprint density at radius 3 is 2.64 bits per heavy atom. The number of guanidine groups is 1. The van der Waals surface area contributed by atoms with Gasteiger partial charge in [-0.2, -0.15) is 0 Å². The molecule has 0 saturated carbocycles. The van der Waals surface area contributed by atoms with Gasteiger partial charge in [0.2, 0.25) is 0 Å². The van der Waals surface area contributed by atoms with Crippen LogP contribution in [0.25, 0.3) is 0 Å². The Kier molecular flexibility index (Phi) is 15.9. The Balaban J connectivity index is 0.00000576. The lowest BCUT2D eigenvalue weighted by Gasteiger charge is -2.29. The summed E-state index contributed by atoms with van der Waals surface area (Å²) in [5, 5.41) is 6.81. The van der Waals surface area contributed by atoms with Gasteiger partial charge < -0.3 is 25.0 Å². The van der Waals surface area contributed by atoms with Gasteiger partial charge in [0.1, 0.15) is 0 Å². The van der Waals surface area contributed by atoms with Gasteiger partial charge in [0.25, 0.3) is 0 Å². The van der Waals surface area contributed by atoms with Gasteiger partial charge in [-0.15, -0.1) is 24.0 Å². The molecule has 0 bridgehead atoms. The average molecular weight is 471 g/mol. The van der Waals surface area contributed by atoms with E-state index < -0.39 is 0 Å². The molecule has 2 N–H and O–H groups in total. The monoisotopic (exact) mass is 471 g/mol. The highest BCUT2D eigenvalue weighted by Gasteiger charge is 2.13. The second-order valence-electron chi connectivity index (χ2n) is 6.55. The first kappa shape index (κ1) is 24.8. The van der Waals surface area contributed by atoms with Crippen molar-refractivity contribution in [2.45, 2.75) is 13.3 Å². The van der Waals surface area contributed by atoms with Crippen molar-refractivity contribution in [3.8, 4) is 0 Å². The van der Waals surface area contributed by atoms with Crippen LogP contribution in [0.5, 0.6) is 0 Å². The number of halogens is 1. The summed E-state index contributed by atoms with van der Waals surface area (Å²) in [6.45, 7) is 11.9. The first-order valence-corrected chi connectivity index (χ1v) is 9.07. The van der Waals surface area contributed by atoms with Gasteiger partial charge >= 0.3 is 0 Å². The predicted octanol–water partition coefficient (Wildman–Crippen LogP) is 0.706. The molecule has 0 amide bonds. The van der Waals surface area contributed by atoms with E-state index in [0.29, 0.717) is 5.92 Å². The summed E-state index contributed by atoms with van der Waals surface area (Å²) in [7, 11) is 5.71. The Hall–Kier alpha value is -0.160. The molecule has 1 saturated heterocycles. The third-order valence-corrected chi connectivity index (χ3v) is 4.19. The SMILES string of the molecule is CN=C(NCCN(C)CCCOC)NCC(C)CN1CCOCC1.I. The number of nitrogens with zero attached hydrogens (tertiary/aromatic N) is 3. The highest BCUT2D eigenvalue weighted by molar-refractivity contribution is 14.0. The number of likely N-dealkylation sites (N-methyl/N-ethyl adjacent to an activating group) is 1. The minimum Gasteiger partial charge on any atom is -0.385 e. The molecule has 1 heterocycles. The number of aliphatic imine (C=N–C) groups is 1. The fourth-order valence-corrected chi connectivity index (χ4v) is 2.74. The Morgan fingerprint density at radius 1 is 1.28 bits per heavy atom. The molecule has 0 spiro atoms. The zero-order valence-corrected chi connectivity index (χ0v) is 18.8. The number of rotatable bonds is 11. The third kappa shape index (κ3) is 12.8. The lowest BCUT2D eigenvalue weighted by Crippen LogP contribution is -2.45. The van der Waals surface area contributed by atoms with Crippen molar-refractivity contribution in [3.05, 3.63) is 0 Å². The number of hydrogen-bond acceptors (Lipinski definition) is 5. The molecule has 0 radical (unpaired) electrons. The predicted molar refractivity (Wildman–Crippen MR) is 115 cm³/mol. The fourth-order valence-electron chi connectivity index (χ4n) is 2.74. The first-order chi connectivity index (χ1) is 11.7. The maximum Gasteiger partial charge on any atom is 0.191 e. The van der Waals surface area contributed by atoms with Crippen molar-refractivity contribution in [2.24, 2.45) is 10.9 Å². The van der Waals surface area contributed by atoms with Crippen LogP contribution in [-0.4, -0.2) is 103 Å². The standard InChI is InChI=1S/C17H37N5O2.HI/c1-16(15-22-9-12-24-13-10-22)14-20-17(18-2)19-6-8-21(3)7-5-11-23-4;/h16H,5-15H2,1-4H3,(H2,18,19,20);1H. The number of methoxy groups -OCH3 is 1. The van der Waals surface area contributed by atoms with Crippen molar-refractivity contribution in [2.75, 3.05) is 86.8 Å². The summed E-state index contributed by atoms with van der Waals surface area (Å²) >= 11 is 0. The van der Waals surface area contributed by atoms with Crippen LogP contribution in [0.4, 0.5) is 0 Å². The molecule has 7 nitrogen and oxygen atoms in total. The molecule has 1 unspecified atom stereocenters. The van der Waals surface area contributed by atoms with Gasteiger partial charge in [0.05, 0.1) is 13.2 Å². The van der Waals surface area contributed by atoms with Crippen LogP contribution in [0.2, 0.25) is 0 Å². The highest BCUT2D eigenvalue weighted by Crippen LogP contribution is 2.02. The summed E-state index contributed by atoms with van der Waals surface area (Å²) in [6.07, 6.45) is 1.07. The molecule has 0 aliphatic carbocycles. The van der Waals surface area contributed by atoms with Gasteiger partial charge in [-0.05, 0) is 19.4 Å². The van der Waals surface area contributed by atoms with E-state index in [1.165, 1.54) is 0 Å². The van der Waals surface area contributed by atoms with Gasteiger partial charge in [-0.1, -0.05) is 6.92 Å². The van der Waals surface area contributed by atoms with Crippen molar-refractivity contribution in [1.82, 2.24) is 20.4 Å². The fraction of sp³-hybridized carbons (Fsp3) is 0.941. The molecule has 0 aromatic carbocycles. The molecular weight excluding hydrogens is 433 g/mol. The maximum atomic E-state index is 5.39. The maximum absolute atomic E-state index is 5.39. The Morgan fingerprint density at radius 2 is 2.00 bits per heavy atom. The van der Waals surface area contributed by atoms with Crippen LogP contribution in [-0.2, 0) is 9.47 Å². The lowest BCUT2D eigenvalue weighted by molar-refractivity contribution is 0.0320. The van der Waals surface area contributed by atoms with Crippen LogP contribution in [0.1, 0.15) is 13.3 Å². The number of morpholine rings is 1. The highest BCUT2D eigenvalue weighted by atomic mass is 127.